The molecule has 1 aliphatic heterocycles. The molecule has 6 N–H and O–H groups in total. The summed E-state index contributed by atoms with van der Waals surface area (Å²) in [6, 6.07) is -1.09. The van der Waals surface area contributed by atoms with Gasteiger partial charge in [-0.1, -0.05) is 59.3 Å². The van der Waals surface area contributed by atoms with Crippen LogP contribution in [-0.4, -0.2) is 115 Å². The summed E-state index contributed by atoms with van der Waals surface area (Å²) in [6.07, 6.45) is 12.2. The normalized spacial score (nSPS) is 40.6. The summed E-state index contributed by atoms with van der Waals surface area (Å²) in [7, 11) is 5.94. The van der Waals surface area contributed by atoms with E-state index in [4.69, 9.17) is 15.3 Å². The first kappa shape index (κ1) is 42.8. The van der Waals surface area contributed by atoms with Crippen molar-refractivity contribution in [1.82, 2.24) is 20.6 Å². The Morgan fingerprint density at radius 2 is 1.73 bits per heavy atom. The Hall–Kier alpha value is -1.83. The highest BCUT2D eigenvalue weighted by molar-refractivity contribution is 5.87. The minimum Gasteiger partial charge on any atom is -0.394 e. The molecule has 7 aliphatic rings. The number of nitrogens with one attached hydrogen (secondary N) is 2. The second kappa shape index (κ2) is 18.0. The van der Waals surface area contributed by atoms with Crippen molar-refractivity contribution in [1.29, 1.82) is 0 Å². The molecule has 12 nitrogen and oxygen atoms in total. The average Bonchev–Trinajstić information content (AvgIpc) is 3.53. The van der Waals surface area contributed by atoms with E-state index in [0.717, 1.165) is 57.8 Å². The van der Waals surface area contributed by atoms with Crippen molar-refractivity contribution in [2.75, 3.05) is 34.4 Å². The molecule has 7 rings (SSSR count). The van der Waals surface area contributed by atoms with Crippen LogP contribution in [-0.2, 0) is 24.0 Å². The van der Waals surface area contributed by atoms with Crippen LogP contribution >= 0.6 is 0 Å². The van der Waals surface area contributed by atoms with E-state index in [0.29, 0.717) is 42.1 Å². The van der Waals surface area contributed by atoms with Crippen LogP contribution in [0.5, 0.6) is 0 Å². The number of aliphatic hydroxyl groups excluding tert-OH is 2. The van der Waals surface area contributed by atoms with Gasteiger partial charge in [-0.3, -0.25) is 19.2 Å². The van der Waals surface area contributed by atoms with Crippen LogP contribution in [0.1, 0.15) is 118 Å². The molecule has 0 aromatic heterocycles. The number of methoxy groups -OCH3 is 1. The highest BCUT2D eigenvalue weighted by atomic mass is 16.7. The molecule has 7 fully saturated rings. The molecule has 314 valence electrons. The second-order valence-corrected chi connectivity index (χ2v) is 19.8. The summed E-state index contributed by atoms with van der Waals surface area (Å²) in [5.74, 6) is 0.985. The molecule has 6 aliphatic carbocycles. The highest BCUT2D eigenvalue weighted by Crippen LogP contribution is 2.61. The molecule has 12 heteroatoms. The van der Waals surface area contributed by atoms with Crippen molar-refractivity contribution in [3.63, 3.8) is 0 Å². The standard InChI is InChI=1S/C43H75N5O7/c1-24-33-20-30(43(33,3)4)21-34(24)45-42(53)38-37(25(2)50)36(23-49)55-48(38)22-27-14-11-15-32(39(27)54-7)28-17-29(19-31(18-28)47(5)6)41(52)46-35(40(44)51)16-26-12-9-8-10-13-26/h24-39,49-50H,8-23H2,1-7H3,(H2,44,51)(H,45,53)(H,46,52)/t24-,25-,27?,28?,29?,30+,31?,32?,33-,34+,35-,36-,37+,38-,39?/m0/s1. The number of amides is 3. The number of hydrogen-bond acceptors (Lipinski definition) is 9. The van der Waals surface area contributed by atoms with Crippen molar-refractivity contribution in [2.24, 2.45) is 64.4 Å². The van der Waals surface area contributed by atoms with Gasteiger partial charge in [0.1, 0.15) is 18.2 Å². The maximum atomic E-state index is 14.3. The molecule has 0 spiro atoms. The molecule has 3 amide bonds. The molecule has 0 aromatic rings. The maximum Gasteiger partial charge on any atom is 0.240 e. The largest absolute Gasteiger partial charge is 0.394 e. The molecule has 0 radical (unpaired) electrons. The number of rotatable bonds is 14. The first-order valence-corrected chi connectivity index (χ1v) is 22.0. The van der Waals surface area contributed by atoms with Crippen LogP contribution in [0, 0.1) is 58.7 Å². The van der Waals surface area contributed by atoms with Crippen molar-refractivity contribution in [3.8, 4) is 0 Å². The number of nitrogens with two attached hydrogens (primary N) is 1. The zero-order chi connectivity index (χ0) is 39.8. The minimum atomic E-state index is -0.851. The first-order valence-electron chi connectivity index (χ1n) is 22.0. The van der Waals surface area contributed by atoms with E-state index in [1.54, 1.807) is 19.1 Å². The fourth-order valence-corrected chi connectivity index (χ4v) is 12.7. The van der Waals surface area contributed by atoms with E-state index in [9.17, 15) is 24.6 Å². The van der Waals surface area contributed by atoms with Crippen LogP contribution in [0.25, 0.3) is 0 Å². The Labute approximate surface area is 330 Å². The number of aliphatic hydroxyl groups is 2. The topological polar surface area (TPSA) is 167 Å². The maximum absolute atomic E-state index is 14.3. The predicted molar refractivity (Wildman–Crippen MR) is 211 cm³/mol. The molecular formula is C43H75N5O7. The Morgan fingerprint density at radius 3 is 2.33 bits per heavy atom. The molecule has 55 heavy (non-hydrogen) atoms. The molecule has 0 aromatic carbocycles. The lowest BCUT2D eigenvalue weighted by molar-refractivity contribution is -0.193. The van der Waals surface area contributed by atoms with E-state index in [2.05, 4.69) is 50.4 Å². The fourth-order valence-electron chi connectivity index (χ4n) is 12.7. The van der Waals surface area contributed by atoms with Gasteiger partial charge in [0.15, 0.2) is 0 Å². The van der Waals surface area contributed by atoms with Crippen LogP contribution in [0.15, 0.2) is 0 Å². The minimum absolute atomic E-state index is 0.0509. The van der Waals surface area contributed by atoms with E-state index in [1.165, 1.54) is 25.7 Å². The third-order valence-electron chi connectivity index (χ3n) is 16.1. The quantitative estimate of drug-likeness (QED) is 0.176. The summed E-state index contributed by atoms with van der Waals surface area (Å²) >= 11 is 0. The van der Waals surface area contributed by atoms with Crippen molar-refractivity contribution >= 4 is 17.7 Å². The molecule has 15 atom stereocenters. The van der Waals surface area contributed by atoms with Crippen molar-refractivity contribution in [3.05, 3.63) is 0 Å². The third kappa shape index (κ3) is 9.09. The Kier molecular flexibility index (Phi) is 14.0. The highest BCUT2D eigenvalue weighted by Gasteiger charge is 2.58. The molecule has 6 unspecified atom stereocenters. The average molecular weight is 774 g/mol. The Morgan fingerprint density at radius 1 is 1.00 bits per heavy atom. The molecule has 1 heterocycles. The molecule has 2 bridgehead atoms. The number of ether oxygens (including phenoxy) is 1. The summed E-state index contributed by atoms with van der Waals surface area (Å²) in [5.41, 5.74) is 6.17. The van der Waals surface area contributed by atoms with E-state index >= 15 is 0 Å². The van der Waals surface area contributed by atoms with Crippen LogP contribution in [0.4, 0.5) is 0 Å². The van der Waals surface area contributed by atoms with Gasteiger partial charge in [-0.2, -0.15) is 5.06 Å². The van der Waals surface area contributed by atoms with Crippen molar-refractivity contribution in [2.45, 2.75) is 160 Å². The second-order valence-electron chi connectivity index (χ2n) is 19.8. The van der Waals surface area contributed by atoms with Crippen molar-refractivity contribution < 1.29 is 34.2 Å². The zero-order valence-corrected chi connectivity index (χ0v) is 35.0. The van der Waals surface area contributed by atoms with Gasteiger partial charge < -0.3 is 36.2 Å². The Bertz CT molecular complexity index is 1320. The number of hydroxylamine groups is 2. The number of hydrogen-bond donors (Lipinski definition) is 5. The summed E-state index contributed by atoms with van der Waals surface area (Å²) < 4.78 is 6.39. The lowest BCUT2D eigenvalue weighted by atomic mass is 9.45. The van der Waals surface area contributed by atoms with Gasteiger partial charge in [-0.05, 0) is 113 Å². The van der Waals surface area contributed by atoms with Gasteiger partial charge in [-0.15, -0.1) is 0 Å². The third-order valence-corrected chi connectivity index (χ3v) is 16.1. The van der Waals surface area contributed by atoms with Gasteiger partial charge >= 0.3 is 0 Å². The van der Waals surface area contributed by atoms with Gasteiger partial charge in [0, 0.05) is 43.5 Å². The van der Waals surface area contributed by atoms with Gasteiger partial charge in [0.05, 0.1) is 18.8 Å². The summed E-state index contributed by atoms with van der Waals surface area (Å²) in [6.45, 7) is 8.82. The number of fused-ring (bicyclic) bond motifs is 2. The molecule has 1 saturated heterocycles. The lowest BCUT2D eigenvalue weighted by Crippen LogP contribution is -2.62. The predicted octanol–water partition coefficient (Wildman–Crippen LogP) is 3.87. The lowest BCUT2D eigenvalue weighted by Gasteiger charge is -2.62. The summed E-state index contributed by atoms with van der Waals surface area (Å²) in [4.78, 5) is 49.5. The summed E-state index contributed by atoms with van der Waals surface area (Å²) in [5, 5.41) is 29.7. The first-order chi connectivity index (χ1) is 26.1. The van der Waals surface area contributed by atoms with Gasteiger partial charge in [-0.25, -0.2) is 0 Å². The number of primary amides is 1. The van der Waals surface area contributed by atoms with Gasteiger partial charge in [0.2, 0.25) is 17.7 Å². The number of carbonyl (C=O) groups excluding carboxylic acids is 3. The number of nitrogens with zero attached hydrogens (tertiary/aromatic N) is 2. The molecule has 6 saturated carbocycles. The number of carbonyl (C=O) groups is 3. The van der Waals surface area contributed by atoms with Crippen LogP contribution < -0.4 is 16.4 Å². The van der Waals surface area contributed by atoms with E-state index in [1.807, 2.05) is 0 Å². The monoisotopic (exact) mass is 774 g/mol. The molecular weight excluding hydrogens is 699 g/mol. The van der Waals surface area contributed by atoms with Crippen LogP contribution in [0.3, 0.4) is 0 Å². The van der Waals surface area contributed by atoms with Crippen LogP contribution in [0.2, 0.25) is 0 Å². The van der Waals surface area contributed by atoms with E-state index < -0.39 is 36.1 Å². The van der Waals surface area contributed by atoms with Gasteiger partial charge in [0.25, 0.3) is 0 Å². The van der Waals surface area contributed by atoms with E-state index in [-0.39, 0.29) is 60.3 Å². The Balaban J connectivity index is 1.15. The SMILES string of the molecule is COC1C(CN2O[C@@H](CO)[C@@H]([C@H](C)O)[C@H]2C(=O)N[C@@H]2C[C@H]3C[C@@H]([C@@H]2C)C3(C)C)CCCC1C1CC(C(=O)N[C@@H](CC2CCCCC2)C(N)=O)CC(N(C)C)C1. The smallest absolute Gasteiger partial charge is 0.240 e. The zero-order valence-electron chi connectivity index (χ0n) is 35.0. The fraction of sp³-hybridized carbons (Fsp3) is 0.930.